The molecule has 0 aromatic heterocycles. The van der Waals surface area contributed by atoms with Crippen LogP contribution in [0.5, 0.6) is 0 Å². The SMILES string of the molecule is O=[N+]([O-])c1ccc(/C=C\c2ccccc2S(=O)(=O)[O-])cc1.[Na+]. The van der Waals surface area contributed by atoms with Gasteiger partial charge in [-0.2, -0.15) is 0 Å². The van der Waals surface area contributed by atoms with Crippen LogP contribution in [-0.2, 0) is 10.1 Å². The summed E-state index contributed by atoms with van der Waals surface area (Å²) in [7, 11) is -4.55. The Morgan fingerprint density at radius 2 is 1.55 bits per heavy atom. The first-order valence-electron chi connectivity index (χ1n) is 5.85. The number of nitrogens with zero attached hydrogens (tertiary/aromatic N) is 1. The van der Waals surface area contributed by atoms with Gasteiger partial charge in [0.15, 0.2) is 0 Å². The van der Waals surface area contributed by atoms with Crippen LogP contribution in [0.1, 0.15) is 11.1 Å². The maximum Gasteiger partial charge on any atom is 1.00 e. The molecule has 108 valence electrons. The van der Waals surface area contributed by atoms with Crippen molar-refractivity contribution in [3.63, 3.8) is 0 Å². The quantitative estimate of drug-likeness (QED) is 0.252. The van der Waals surface area contributed by atoms with E-state index in [1.165, 1.54) is 48.5 Å². The number of rotatable bonds is 4. The zero-order valence-corrected chi connectivity index (χ0v) is 14.5. The maximum atomic E-state index is 11.1. The van der Waals surface area contributed by atoms with Crippen LogP contribution >= 0.6 is 0 Å². The van der Waals surface area contributed by atoms with Crippen molar-refractivity contribution >= 4 is 28.0 Å². The van der Waals surface area contributed by atoms with Crippen LogP contribution in [0.4, 0.5) is 5.69 Å². The van der Waals surface area contributed by atoms with Gasteiger partial charge in [0.1, 0.15) is 10.1 Å². The predicted octanol–water partition coefficient (Wildman–Crippen LogP) is -0.327. The van der Waals surface area contributed by atoms with Gasteiger partial charge in [-0.3, -0.25) is 10.1 Å². The van der Waals surface area contributed by atoms with E-state index in [1.807, 2.05) is 0 Å². The molecule has 0 bridgehead atoms. The third-order valence-electron chi connectivity index (χ3n) is 2.75. The molecule has 2 aromatic carbocycles. The Kier molecular flexibility index (Phi) is 6.46. The molecule has 0 amide bonds. The standard InChI is InChI=1S/C14H11NO5S.Na/c16-15(17)13-9-6-11(7-10-13)5-8-12-3-1-2-4-14(12)21(18,19)20;/h1-10H,(H,18,19,20);/q;+1/p-1/b8-5-;. The number of nitro groups is 1. The third-order valence-corrected chi connectivity index (χ3v) is 3.66. The first kappa shape index (κ1) is 18.5. The van der Waals surface area contributed by atoms with Gasteiger partial charge in [-0.05, 0) is 29.3 Å². The van der Waals surface area contributed by atoms with Crippen molar-refractivity contribution in [2.45, 2.75) is 4.90 Å². The van der Waals surface area contributed by atoms with Gasteiger partial charge >= 0.3 is 29.6 Å². The van der Waals surface area contributed by atoms with Gasteiger partial charge in [-0.15, -0.1) is 0 Å². The first-order chi connectivity index (χ1) is 9.88. The van der Waals surface area contributed by atoms with Crippen molar-refractivity contribution in [3.05, 3.63) is 69.8 Å². The van der Waals surface area contributed by atoms with Gasteiger partial charge in [0.05, 0.1) is 9.82 Å². The van der Waals surface area contributed by atoms with Crippen molar-refractivity contribution in [2.75, 3.05) is 0 Å². The Hall–Kier alpha value is -1.51. The average Bonchev–Trinajstić information content (AvgIpc) is 2.45. The molecule has 22 heavy (non-hydrogen) atoms. The van der Waals surface area contributed by atoms with E-state index >= 15 is 0 Å². The van der Waals surface area contributed by atoms with Crippen LogP contribution in [0.3, 0.4) is 0 Å². The second kappa shape index (κ2) is 7.66. The molecule has 0 N–H and O–H groups in total. The number of hydrogen-bond acceptors (Lipinski definition) is 5. The monoisotopic (exact) mass is 327 g/mol. The minimum atomic E-state index is -4.55. The van der Waals surface area contributed by atoms with Crippen molar-refractivity contribution in [1.82, 2.24) is 0 Å². The summed E-state index contributed by atoms with van der Waals surface area (Å²) in [4.78, 5) is 9.72. The molecule has 0 radical (unpaired) electrons. The molecule has 0 atom stereocenters. The minimum Gasteiger partial charge on any atom is -0.744 e. The minimum absolute atomic E-state index is 0. The fraction of sp³-hybridized carbons (Fsp3) is 0. The normalized spacial score (nSPS) is 11.1. The second-order valence-electron chi connectivity index (χ2n) is 4.17. The summed E-state index contributed by atoms with van der Waals surface area (Å²) in [5.41, 5.74) is 0.888. The summed E-state index contributed by atoms with van der Waals surface area (Å²) in [6, 6.07) is 11.6. The van der Waals surface area contributed by atoms with Crippen LogP contribution in [-0.4, -0.2) is 17.9 Å². The van der Waals surface area contributed by atoms with Crippen LogP contribution in [0, 0.1) is 10.1 Å². The topological polar surface area (TPSA) is 100 Å². The van der Waals surface area contributed by atoms with E-state index in [-0.39, 0.29) is 45.7 Å². The third kappa shape index (κ3) is 4.75. The summed E-state index contributed by atoms with van der Waals surface area (Å²) >= 11 is 0. The Balaban J connectivity index is 0.00000242. The number of non-ortho nitro benzene ring substituents is 1. The van der Waals surface area contributed by atoms with Gasteiger partial charge in [-0.1, -0.05) is 30.4 Å². The summed E-state index contributed by atoms with van der Waals surface area (Å²) < 4.78 is 33.4. The molecule has 6 nitrogen and oxygen atoms in total. The van der Waals surface area contributed by atoms with Crippen molar-refractivity contribution < 1.29 is 47.5 Å². The van der Waals surface area contributed by atoms with E-state index in [4.69, 9.17) is 0 Å². The molecule has 0 aliphatic rings. The average molecular weight is 327 g/mol. The van der Waals surface area contributed by atoms with Crippen LogP contribution < -0.4 is 29.6 Å². The summed E-state index contributed by atoms with van der Waals surface area (Å²) in [6.45, 7) is 0. The van der Waals surface area contributed by atoms with E-state index in [1.54, 1.807) is 12.1 Å². The zero-order chi connectivity index (χ0) is 15.5. The smallest absolute Gasteiger partial charge is 0.744 e. The molecule has 8 heteroatoms. The molecule has 0 fully saturated rings. The van der Waals surface area contributed by atoms with Crippen LogP contribution in [0.2, 0.25) is 0 Å². The largest absolute Gasteiger partial charge is 1.00 e. The molecular formula is C14H10NNaO5S. The molecule has 0 heterocycles. The predicted molar refractivity (Wildman–Crippen MR) is 76.4 cm³/mol. The van der Waals surface area contributed by atoms with Crippen molar-refractivity contribution in [3.8, 4) is 0 Å². The fourth-order valence-corrected chi connectivity index (χ4v) is 2.41. The van der Waals surface area contributed by atoms with E-state index < -0.39 is 15.0 Å². The molecule has 0 aliphatic heterocycles. The molecule has 0 aliphatic carbocycles. The van der Waals surface area contributed by atoms with Gasteiger partial charge in [0.25, 0.3) is 5.69 Å². The van der Waals surface area contributed by atoms with Gasteiger partial charge < -0.3 is 4.55 Å². The molecule has 0 saturated carbocycles. The Morgan fingerprint density at radius 1 is 0.955 bits per heavy atom. The summed E-state index contributed by atoms with van der Waals surface area (Å²) in [5, 5.41) is 10.5. The van der Waals surface area contributed by atoms with E-state index in [2.05, 4.69) is 0 Å². The van der Waals surface area contributed by atoms with Crippen LogP contribution in [0.25, 0.3) is 12.2 Å². The Labute approximate surface area is 149 Å². The fourth-order valence-electron chi connectivity index (χ4n) is 1.74. The van der Waals surface area contributed by atoms with Gasteiger partial charge in [-0.25, -0.2) is 8.42 Å². The summed E-state index contributed by atoms with van der Waals surface area (Å²) in [5.74, 6) is 0. The molecule has 0 unspecified atom stereocenters. The summed E-state index contributed by atoms with van der Waals surface area (Å²) in [6.07, 6.45) is 3.06. The molecule has 2 rings (SSSR count). The Morgan fingerprint density at radius 3 is 2.09 bits per heavy atom. The number of nitro benzene ring substituents is 1. The van der Waals surface area contributed by atoms with Gasteiger partial charge in [0, 0.05) is 12.1 Å². The zero-order valence-electron chi connectivity index (χ0n) is 11.7. The Bertz CT molecular complexity index is 800. The molecular weight excluding hydrogens is 317 g/mol. The molecule has 2 aromatic rings. The van der Waals surface area contributed by atoms with Gasteiger partial charge in [0.2, 0.25) is 0 Å². The molecule has 0 saturated heterocycles. The maximum absolute atomic E-state index is 11.1. The second-order valence-corrected chi connectivity index (χ2v) is 5.52. The molecule has 0 spiro atoms. The van der Waals surface area contributed by atoms with Crippen molar-refractivity contribution in [2.24, 2.45) is 0 Å². The van der Waals surface area contributed by atoms with E-state index in [0.717, 1.165) is 0 Å². The van der Waals surface area contributed by atoms with E-state index in [0.29, 0.717) is 5.56 Å². The van der Waals surface area contributed by atoms with Crippen molar-refractivity contribution in [1.29, 1.82) is 0 Å². The van der Waals surface area contributed by atoms with E-state index in [9.17, 15) is 23.1 Å². The first-order valence-corrected chi connectivity index (χ1v) is 7.26. The number of benzene rings is 2. The van der Waals surface area contributed by atoms with Crippen LogP contribution in [0.15, 0.2) is 53.4 Å². The number of hydrogen-bond donors (Lipinski definition) is 0.